The molecule has 1 atom stereocenters. The topological polar surface area (TPSA) is 46.9 Å². The maximum atomic E-state index is 11.9. The molecule has 6 heteroatoms. The van der Waals surface area contributed by atoms with Gasteiger partial charge in [-0.2, -0.15) is 5.10 Å². The number of aryl methyl sites for hydroxylation is 2. The highest BCUT2D eigenvalue weighted by Crippen LogP contribution is 2.19. The molecule has 112 valence electrons. The van der Waals surface area contributed by atoms with Gasteiger partial charge in [0.1, 0.15) is 5.15 Å². The minimum Gasteiger partial charge on any atom is -0.350 e. The molecule has 2 heterocycles. The van der Waals surface area contributed by atoms with Crippen molar-refractivity contribution in [2.75, 3.05) is 0 Å². The summed E-state index contributed by atoms with van der Waals surface area (Å²) in [6, 6.07) is 4.18. The lowest BCUT2D eigenvalue weighted by molar-refractivity contribution is -0.117. The minimum absolute atomic E-state index is 0.0891. The van der Waals surface area contributed by atoms with Gasteiger partial charge in [-0.25, -0.2) is 0 Å². The molecule has 0 saturated carbocycles. The summed E-state index contributed by atoms with van der Waals surface area (Å²) in [5.74, 6) is -0.127. The number of nitrogens with zero attached hydrogens (tertiary/aromatic N) is 2. The maximum absolute atomic E-state index is 11.9. The lowest BCUT2D eigenvalue weighted by Crippen LogP contribution is -2.32. The summed E-state index contributed by atoms with van der Waals surface area (Å²) >= 11 is 7.81. The summed E-state index contributed by atoms with van der Waals surface area (Å²) < 4.78 is 1.59. The highest BCUT2D eigenvalue weighted by Gasteiger charge is 2.10. The maximum Gasteiger partial charge on any atom is 0.244 e. The minimum atomic E-state index is -0.127. The Morgan fingerprint density at radius 2 is 2.38 bits per heavy atom. The lowest BCUT2D eigenvalue weighted by atomic mass is 10.2. The van der Waals surface area contributed by atoms with E-state index in [-0.39, 0.29) is 11.9 Å². The highest BCUT2D eigenvalue weighted by molar-refractivity contribution is 7.09. The third kappa shape index (κ3) is 4.19. The normalized spacial score (nSPS) is 12.8. The number of carbonyl (C=O) groups is 1. The standard InChI is InChI=1S/C15H18ClN3OS/c1-10(9-12-5-4-8-21-12)17-14(20)7-6-13-11(2)18-19(3)15(13)16/h4-8,10H,9H2,1-3H3,(H,17,20)/b7-6+. The van der Waals surface area contributed by atoms with E-state index in [1.54, 1.807) is 29.1 Å². The summed E-state index contributed by atoms with van der Waals surface area (Å²) in [5, 5.41) is 9.72. The Kier molecular flexibility index (Phi) is 5.20. The lowest BCUT2D eigenvalue weighted by Gasteiger charge is -2.10. The van der Waals surface area contributed by atoms with Crippen LogP contribution in [0, 0.1) is 6.92 Å². The van der Waals surface area contributed by atoms with Crippen LogP contribution in [0.4, 0.5) is 0 Å². The number of hydrogen-bond acceptors (Lipinski definition) is 3. The fourth-order valence-electron chi connectivity index (χ4n) is 2.07. The van der Waals surface area contributed by atoms with Crippen LogP contribution in [0.5, 0.6) is 0 Å². The van der Waals surface area contributed by atoms with Crippen LogP contribution in [0.3, 0.4) is 0 Å². The second kappa shape index (κ2) is 6.91. The molecular weight excluding hydrogens is 306 g/mol. The van der Waals surface area contributed by atoms with E-state index in [0.717, 1.165) is 17.7 Å². The average Bonchev–Trinajstić information content (AvgIpc) is 2.98. The Hall–Kier alpha value is -1.59. The summed E-state index contributed by atoms with van der Waals surface area (Å²) in [6.07, 6.45) is 4.04. The first kappa shape index (κ1) is 15.8. The zero-order chi connectivity index (χ0) is 15.4. The van der Waals surface area contributed by atoms with Crippen LogP contribution in [0.25, 0.3) is 6.08 Å². The van der Waals surface area contributed by atoms with Crippen molar-refractivity contribution in [3.8, 4) is 0 Å². The van der Waals surface area contributed by atoms with Gasteiger partial charge in [-0.3, -0.25) is 9.48 Å². The van der Waals surface area contributed by atoms with Crippen LogP contribution >= 0.6 is 22.9 Å². The number of carbonyl (C=O) groups excluding carboxylic acids is 1. The van der Waals surface area contributed by atoms with Gasteiger partial charge < -0.3 is 5.32 Å². The summed E-state index contributed by atoms with van der Waals surface area (Å²) in [4.78, 5) is 13.2. The molecule has 1 amide bonds. The van der Waals surface area contributed by atoms with Crippen molar-refractivity contribution in [3.05, 3.63) is 44.9 Å². The summed E-state index contributed by atoms with van der Waals surface area (Å²) in [5.41, 5.74) is 1.58. The Balaban J connectivity index is 1.93. The van der Waals surface area contributed by atoms with Gasteiger partial charge in [0.2, 0.25) is 5.91 Å². The van der Waals surface area contributed by atoms with Crippen molar-refractivity contribution < 1.29 is 4.79 Å². The van der Waals surface area contributed by atoms with Crippen LogP contribution in [0.1, 0.15) is 23.1 Å². The molecule has 0 aromatic carbocycles. The van der Waals surface area contributed by atoms with Crippen LogP contribution in [0.2, 0.25) is 5.15 Å². The fraction of sp³-hybridized carbons (Fsp3) is 0.333. The average molecular weight is 324 g/mol. The molecule has 0 bridgehead atoms. The second-order valence-corrected chi connectivity index (χ2v) is 6.33. The number of aromatic nitrogens is 2. The van der Waals surface area contributed by atoms with Crippen LogP contribution in [-0.4, -0.2) is 21.7 Å². The molecule has 0 aliphatic rings. The van der Waals surface area contributed by atoms with Gasteiger partial charge in [0.25, 0.3) is 0 Å². The Morgan fingerprint density at radius 1 is 1.62 bits per heavy atom. The van der Waals surface area contributed by atoms with Gasteiger partial charge in [-0.1, -0.05) is 17.7 Å². The van der Waals surface area contributed by atoms with Crippen molar-refractivity contribution >= 4 is 34.9 Å². The number of amides is 1. The fourth-order valence-corrected chi connectivity index (χ4v) is 3.14. The Bertz CT molecular complexity index is 646. The zero-order valence-electron chi connectivity index (χ0n) is 12.3. The van der Waals surface area contributed by atoms with Crippen molar-refractivity contribution in [2.45, 2.75) is 26.3 Å². The van der Waals surface area contributed by atoms with Gasteiger partial charge in [0, 0.05) is 36.0 Å². The number of nitrogens with one attached hydrogen (secondary N) is 1. The van der Waals surface area contributed by atoms with E-state index >= 15 is 0 Å². The van der Waals surface area contributed by atoms with Gasteiger partial charge in [-0.05, 0) is 31.4 Å². The number of halogens is 1. The molecule has 2 aromatic heterocycles. The molecule has 0 aliphatic heterocycles. The van der Waals surface area contributed by atoms with Crippen molar-refractivity contribution in [1.82, 2.24) is 15.1 Å². The number of thiophene rings is 1. The quantitative estimate of drug-likeness (QED) is 0.859. The smallest absolute Gasteiger partial charge is 0.244 e. The van der Waals surface area contributed by atoms with E-state index in [1.165, 1.54) is 11.0 Å². The van der Waals surface area contributed by atoms with Gasteiger partial charge in [0.05, 0.1) is 5.69 Å². The molecule has 0 radical (unpaired) electrons. The van der Waals surface area contributed by atoms with Crippen molar-refractivity contribution in [1.29, 1.82) is 0 Å². The second-order valence-electron chi connectivity index (χ2n) is 4.94. The van der Waals surface area contributed by atoms with Crippen molar-refractivity contribution in [3.63, 3.8) is 0 Å². The van der Waals surface area contributed by atoms with Crippen LogP contribution in [-0.2, 0) is 18.3 Å². The largest absolute Gasteiger partial charge is 0.350 e. The van der Waals surface area contributed by atoms with E-state index < -0.39 is 0 Å². The van der Waals surface area contributed by atoms with Gasteiger partial charge >= 0.3 is 0 Å². The monoisotopic (exact) mass is 323 g/mol. The predicted octanol–water partition coefficient (Wildman–Crippen LogP) is 3.20. The van der Waals surface area contributed by atoms with E-state index in [2.05, 4.69) is 16.5 Å². The van der Waals surface area contributed by atoms with Gasteiger partial charge in [0.15, 0.2) is 0 Å². The molecule has 1 unspecified atom stereocenters. The van der Waals surface area contributed by atoms with Gasteiger partial charge in [-0.15, -0.1) is 11.3 Å². The van der Waals surface area contributed by atoms with Crippen molar-refractivity contribution in [2.24, 2.45) is 7.05 Å². The van der Waals surface area contributed by atoms with E-state index in [4.69, 9.17) is 11.6 Å². The molecule has 21 heavy (non-hydrogen) atoms. The third-order valence-electron chi connectivity index (χ3n) is 3.07. The third-order valence-corrected chi connectivity index (χ3v) is 4.42. The molecule has 2 rings (SSSR count). The Morgan fingerprint density at radius 3 is 2.95 bits per heavy atom. The van der Waals surface area contributed by atoms with Crippen LogP contribution < -0.4 is 5.32 Å². The first-order valence-electron chi connectivity index (χ1n) is 6.67. The SMILES string of the molecule is Cc1nn(C)c(Cl)c1/C=C/C(=O)NC(C)Cc1cccs1. The summed E-state index contributed by atoms with van der Waals surface area (Å²) in [6.45, 7) is 3.86. The predicted molar refractivity (Wildman–Crippen MR) is 87.6 cm³/mol. The number of hydrogen-bond donors (Lipinski definition) is 1. The molecule has 0 aliphatic carbocycles. The molecule has 4 nitrogen and oxygen atoms in total. The molecule has 1 N–H and O–H groups in total. The number of rotatable bonds is 5. The Labute approximate surface area is 133 Å². The first-order chi connectivity index (χ1) is 9.97. The van der Waals surface area contributed by atoms with E-state index in [1.807, 2.05) is 25.3 Å². The molecule has 0 fully saturated rings. The van der Waals surface area contributed by atoms with E-state index in [9.17, 15) is 4.79 Å². The zero-order valence-corrected chi connectivity index (χ0v) is 13.8. The summed E-state index contributed by atoms with van der Waals surface area (Å²) in [7, 11) is 1.77. The molecule has 0 spiro atoms. The molecular formula is C15H18ClN3OS. The van der Waals surface area contributed by atoms with Crippen LogP contribution in [0.15, 0.2) is 23.6 Å². The molecule has 0 saturated heterocycles. The van der Waals surface area contributed by atoms with E-state index in [0.29, 0.717) is 5.15 Å². The first-order valence-corrected chi connectivity index (χ1v) is 7.93. The molecule has 2 aromatic rings. The highest BCUT2D eigenvalue weighted by atomic mass is 35.5.